The van der Waals surface area contributed by atoms with E-state index >= 15 is 0 Å². The van der Waals surface area contributed by atoms with Crippen LogP contribution in [-0.4, -0.2) is 29.3 Å². The van der Waals surface area contributed by atoms with Crippen molar-refractivity contribution in [3.8, 4) is 11.5 Å². The van der Waals surface area contributed by atoms with Gasteiger partial charge in [0.1, 0.15) is 12.0 Å². The van der Waals surface area contributed by atoms with Crippen molar-refractivity contribution in [2.45, 2.75) is 26.6 Å². The Morgan fingerprint density at radius 1 is 1.04 bits per heavy atom. The molecule has 3 rings (SSSR count). The fraction of sp³-hybridized carbons (Fsp3) is 0.273. The van der Waals surface area contributed by atoms with Crippen LogP contribution in [0.3, 0.4) is 0 Å². The Morgan fingerprint density at radius 3 is 2.54 bits per heavy atom. The predicted molar refractivity (Wildman–Crippen MR) is 104 cm³/mol. The Hall–Kier alpha value is -2.96. The average Bonchev–Trinajstić information content (AvgIpc) is 3.16. The largest absolute Gasteiger partial charge is 0.478 e. The zero-order valence-corrected chi connectivity index (χ0v) is 15.8. The molecule has 0 spiro atoms. The van der Waals surface area contributed by atoms with Gasteiger partial charge >= 0.3 is 5.97 Å². The molecule has 0 aliphatic rings. The fourth-order valence-electron chi connectivity index (χ4n) is 2.86. The zero-order chi connectivity index (χ0) is 19.8. The third kappa shape index (κ3) is 5.28. The molecule has 0 unspecified atom stereocenters. The molecule has 0 saturated heterocycles. The second kappa shape index (κ2) is 9.82. The average molecular weight is 381 g/mol. The molecule has 1 N–H and O–H groups in total. The van der Waals surface area contributed by atoms with Crippen LogP contribution in [0.1, 0.15) is 33.6 Å². The van der Waals surface area contributed by atoms with E-state index in [-0.39, 0.29) is 6.61 Å². The molecule has 0 amide bonds. The molecule has 2 aromatic carbocycles. The lowest BCUT2D eigenvalue weighted by Crippen LogP contribution is -2.08. The van der Waals surface area contributed by atoms with Gasteiger partial charge in [0, 0.05) is 18.8 Å². The van der Waals surface area contributed by atoms with Crippen LogP contribution in [0.5, 0.6) is 0 Å². The van der Waals surface area contributed by atoms with Gasteiger partial charge in [-0.25, -0.2) is 9.78 Å². The monoisotopic (exact) mass is 381 g/mol. The molecule has 3 aromatic rings. The number of aromatic nitrogens is 1. The minimum atomic E-state index is -0.928. The first-order valence-corrected chi connectivity index (χ1v) is 9.12. The number of oxazole rings is 1. The first-order chi connectivity index (χ1) is 13.6. The summed E-state index contributed by atoms with van der Waals surface area (Å²) in [6.07, 6.45) is 2.31. The van der Waals surface area contributed by atoms with Gasteiger partial charge in [-0.1, -0.05) is 36.4 Å². The minimum Gasteiger partial charge on any atom is -0.478 e. The normalized spacial score (nSPS) is 10.9. The molecule has 0 fully saturated rings. The Balaban J connectivity index is 1.36. The van der Waals surface area contributed by atoms with Gasteiger partial charge in [-0.3, -0.25) is 0 Å². The highest BCUT2D eigenvalue weighted by molar-refractivity contribution is 5.91. The predicted octanol–water partition coefficient (Wildman–Crippen LogP) is 4.47. The van der Waals surface area contributed by atoms with Crippen LogP contribution in [-0.2, 0) is 22.7 Å². The summed E-state index contributed by atoms with van der Waals surface area (Å²) in [7, 11) is 0. The number of aryl methyl sites for hydroxylation is 1. The van der Waals surface area contributed by atoms with Crippen LogP contribution in [0.25, 0.3) is 11.5 Å². The van der Waals surface area contributed by atoms with Gasteiger partial charge in [-0.15, -0.1) is 0 Å². The van der Waals surface area contributed by atoms with E-state index in [4.69, 9.17) is 13.9 Å². The van der Waals surface area contributed by atoms with E-state index in [9.17, 15) is 9.90 Å². The van der Waals surface area contributed by atoms with Gasteiger partial charge in [0.15, 0.2) is 0 Å². The van der Waals surface area contributed by atoms with Gasteiger partial charge in [0.25, 0.3) is 0 Å². The third-order valence-corrected chi connectivity index (χ3v) is 4.23. The number of carboxylic acid groups (broad SMARTS) is 1. The lowest BCUT2D eigenvalue weighted by Gasteiger charge is -2.09. The van der Waals surface area contributed by atoms with Crippen LogP contribution in [0.2, 0.25) is 0 Å². The van der Waals surface area contributed by atoms with Crippen molar-refractivity contribution in [2.75, 3.05) is 13.2 Å². The van der Waals surface area contributed by atoms with Gasteiger partial charge < -0.3 is 19.0 Å². The van der Waals surface area contributed by atoms with Gasteiger partial charge in [-0.2, -0.15) is 0 Å². The Labute approximate surface area is 163 Å². The van der Waals surface area contributed by atoms with E-state index in [1.165, 1.54) is 0 Å². The topological polar surface area (TPSA) is 81.8 Å². The number of benzene rings is 2. The van der Waals surface area contributed by atoms with Crippen LogP contribution < -0.4 is 0 Å². The number of hydrogen-bond acceptors (Lipinski definition) is 5. The molecule has 6 heteroatoms. The lowest BCUT2D eigenvalue weighted by atomic mass is 10.0. The molecule has 1 heterocycles. The van der Waals surface area contributed by atoms with E-state index in [1.54, 1.807) is 25.3 Å². The summed E-state index contributed by atoms with van der Waals surface area (Å²) >= 11 is 0. The molecule has 146 valence electrons. The molecular formula is C22H23NO5. The van der Waals surface area contributed by atoms with Crippen molar-refractivity contribution in [1.29, 1.82) is 0 Å². The number of rotatable bonds is 10. The smallest absolute Gasteiger partial charge is 0.336 e. The second-order valence-corrected chi connectivity index (χ2v) is 6.38. The summed E-state index contributed by atoms with van der Waals surface area (Å²) in [6, 6.07) is 15.1. The van der Waals surface area contributed by atoms with Gasteiger partial charge in [0.2, 0.25) is 5.89 Å². The molecule has 0 aliphatic carbocycles. The van der Waals surface area contributed by atoms with Gasteiger partial charge in [-0.05, 0) is 36.6 Å². The van der Waals surface area contributed by atoms with Crippen LogP contribution in [0, 0.1) is 6.92 Å². The maximum Gasteiger partial charge on any atom is 0.336 e. The molecule has 6 nitrogen and oxygen atoms in total. The van der Waals surface area contributed by atoms with E-state index in [0.29, 0.717) is 43.3 Å². The molecule has 0 saturated carbocycles. The maximum atomic E-state index is 11.4. The van der Waals surface area contributed by atoms with E-state index in [1.807, 2.05) is 36.4 Å². The number of hydrogen-bond donors (Lipinski definition) is 1. The summed E-state index contributed by atoms with van der Waals surface area (Å²) in [6.45, 7) is 3.44. The maximum absolute atomic E-state index is 11.4. The van der Waals surface area contributed by atoms with Crippen molar-refractivity contribution in [3.63, 3.8) is 0 Å². The molecule has 0 radical (unpaired) electrons. The molecule has 0 aliphatic heterocycles. The standard InChI is InChI=1S/C22H23NO5/c1-16-7-5-10-18(20(16)22(24)25)13-26-11-6-12-27-14-19-15-28-21(23-19)17-8-3-2-4-9-17/h2-5,7-10,15H,6,11-14H2,1H3,(H,24,25). The van der Waals surface area contributed by atoms with Crippen LogP contribution >= 0.6 is 0 Å². The highest BCUT2D eigenvalue weighted by Crippen LogP contribution is 2.18. The van der Waals surface area contributed by atoms with Crippen LogP contribution in [0.15, 0.2) is 59.2 Å². The van der Waals surface area contributed by atoms with Gasteiger partial charge in [0.05, 0.1) is 18.8 Å². The number of ether oxygens (including phenoxy) is 2. The fourth-order valence-corrected chi connectivity index (χ4v) is 2.86. The number of aromatic carboxylic acids is 1. The molecule has 28 heavy (non-hydrogen) atoms. The quantitative estimate of drug-likeness (QED) is 0.522. The van der Waals surface area contributed by atoms with Crippen molar-refractivity contribution in [3.05, 3.63) is 77.2 Å². The third-order valence-electron chi connectivity index (χ3n) is 4.23. The van der Waals surface area contributed by atoms with Crippen molar-refractivity contribution in [2.24, 2.45) is 0 Å². The summed E-state index contributed by atoms with van der Waals surface area (Å²) in [5, 5.41) is 9.31. The number of carbonyl (C=O) groups is 1. The SMILES string of the molecule is Cc1cccc(COCCCOCc2coc(-c3ccccc3)n2)c1C(=O)O. The summed E-state index contributed by atoms with van der Waals surface area (Å²) in [5.41, 5.74) is 3.41. The van der Waals surface area contributed by atoms with E-state index < -0.39 is 5.97 Å². The van der Waals surface area contributed by atoms with Crippen molar-refractivity contribution >= 4 is 5.97 Å². The lowest BCUT2D eigenvalue weighted by molar-refractivity contribution is 0.0640. The Kier molecular flexibility index (Phi) is 6.94. The second-order valence-electron chi connectivity index (χ2n) is 6.38. The van der Waals surface area contributed by atoms with E-state index in [2.05, 4.69) is 4.98 Å². The molecular weight excluding hydrogens is 358 g/mol. The summed E-state index contributed by atoms with van der Waals surface area (Å²) in [4.78, 5) is 15.8. The highest BCUT2D eigenvalue weighted by atomic mass is 16.5. The zero-order valence-electron chi connectivity index (χ0n) is 15.8. The molecule has 1 aromatic heterocycles. The Morgan fingerprint density at radius 2 is 1.79 bits per heavy atom. The highest BCUT2D eigenvalue weighted by Gasteiger charge is 2.12. The summed E-state index contributed by atoms with van der Waals surface area (Å²) < 4.78 is 16.7. The van der Waals surface area contributed by atoms with E-state index in [0.717, 1.165) is 16.8 Å². The molecule has 0 atom stereocenters. The van der Waals surface area contributed by atoms with Crippen molar-refractivity contribution < 1.29 is 23.8 Å². The Bertz CT molecular complexity index is 904. The first kappa shape index (κ1) is 19.8. The summed E-state index contributed by atoms with van der Waals surface area (Å²) in [5.74, 6) is -0.350. The first-order valence-electron chi connectivity index (χ1n) is 9.12. The number of nitrogens with zero attached hydrogens (tertiary/aromatic N) is 1. The number of carboxylic acids is 1. The molecule has 0 bridgehead atoms. The van der Waals surface area contributed by atoms with Crippen molar-refractivity contribution in [1.82, 2.24) is 4.98 Å². The minimum absolute atomic E-state index is 0.271. The van der Waals surface area contributed by atoms with Crippen LogP contribution in [0.4, 0.5) is 0 Å².